The molecule has 3 heteroatoms. The summed E-state index contributed by atoms with van der Waals surface area (Å²) in [6, 6.07) is 0. The van der Waals surface area contributed by atoms with E-state index < -0.39 is 8.56 Å². The van der Waals surface area contributed by atoms with Crippen LogP contribution >= 0.6 is 0 Å². The van der Waals surface area contributed by atoms with E-state index in [1.54, 1.807) is 0 Å². The molecule has 0 aliphatic carbocycles. The monoisotopic (exact) mass is 244 g/mol. The Balaban J connectivity index is 3.65. The third kappa shape index (κ3) is 10.4. The number of hydrogen-bond donors (Lipinski definition) is 0. The topological polar surface area (TPSA) is 18.5 Å². The van der Waals surface area contributed by atoms with Crippen LogP contribution in [-0.4, -0.2) is 21.8 Å². The smallest absolute Gasteiger partial charge is 0.331 e. The van der Waals surface area contributed by atoms with Gasteiger partial charge in [-0.25, -0.2) is 0 Å². The highest BCUT2D eigenvalue weighted by molar-refractivity contribution is 6.64. The predicted molar refractivity (Wildman–Crippen MR) is 72.9 cm³/mol. The fourth-order valence-corrected chi connectivity index (χ4v) is 2.46. The van der Waals surface area contributed by atoms with Gasteiger partial charge in [0.2, 0.25) is 0 Å². The van der Waals surface area contributed by atoms with Crippen LogP contribution in [0.1, 0.15) is 40.5 Å². The predicted octanol–water partition coefficient (Wildman–Crippen LogP) is 4.12. The summed E-state index contributed by atoms with van der Waals surface area (Å²) in [6.45, 7) is 14.4. The summed E-state index contributed by atoms with van der Waals surface area (Å²) < 4.78 is 11.6. The number of rotatable bonds is 8. The summed E-state index contributed by atoms with van der Waals surface area (Å²) in [5, 5.41) is 0. The maximum Gasteiger partial charge on any atom is 0.331 e. The van der Waals surface area contributed by atoms with Crippen LogP contribution in [0.3, 0.4) is 0 Å². The fraction of sp³-hybridized carbons (Fsp3) is 0.846. The summed E-state index contributed by atoms with van der Waals surface area (Å²) in [5.41, 5.74) is 1.30. The molecule has 0 aromatic carbocycles. The van der Waals surface area contributed by atoms with Gasteiger partial charge in [0.25, 0.3) is 0 Å². The highest BCUT2D eigenvalue weighted by Gasteiger charge is 2.23. The molecular formula is C13H28O2Si. The van der Waals surface area contributed by atoms with E-state index in [-0.39, 0.29) is 0 Å². The Labute approximate surface area is 102 Å². The third-order valence-electron chi connectivity index (χ3n) is 2.30. The number of hydrogen-bond acceptors (Lipinski definition) is 2. The second-order valence-electron chi connectivity index (χ2n) is 5.38. The van der Waals surface area contributed by atoms with Crippen molar-refractivity contribution in [2.45, 2.75) is 53.6 Å². The lowest BCUT2D eigenvalue weighted by molar-refractivity contribution is 0.188. The van der Waals surface area contributed by atoms with Crippen molar-refractivity contribution in [3.63, 3.8) is 0 Å². The first-order valence-corrected chi connectivity index (χ1v) is 9.06. The first kappa shape index (κ1) is 15.9. The third-order valence-corrected chi connectivity index (χ3v) is 4.06. The zero-order valence-electron chi connectivity index (χ0n) is 11.8. The van der Waals surface area contributed by atoms with Crippen molar-refractivity contribution in [1.29, 1.82) is 0 Å². The SMILES string of the molecule is CC(C)=CCO[Si](C)(C)OCCCC(C)C. The lowest BCUT2D eigenvalue weighted by atomic mass is 10.1. The second kappa shape index (κ2) is 8.04. The van der Waals surface area contributed by atoms with Crippen LogP contribution in [-0.2, 0) is 8.85 Å². The van der Waals surface area contributed by atoms with Crippen molar-refractivity contribution in [3.05, 3.63) is 11.6 Å². The molecule has 0 spiro atoms. The zero-order chi connectivity index (χ0) is 12.6. The molecule has 0 amide bonds. The number of allylic oxidation sites excluding steroid dienone is 1. The minimum absolute atomic E-state index is 0.686. The van der Waals surface area contributed by atoms with Crippen molar-refractivity contribution in [2.75, 3.05) is 13.2 Å². The highest BCUT2D eigenvalue weighted by Crippen LogP contribution is 2.10. The summed E-state index contributed by atoms with van der Waals surface area (Å²) >= 11 is 0. The molecule has 0 saturated heterocycles. The van der Waals surface area contributed by atoms with Gasteiger partial charge in [0.15, 0.2) is 0 Å². The molecule has 0 aliphatic rings. The van der Waals surface area contributed by atoms with Gasteiger partial charge >= 0.3 is 8.56 Å². The molecule has 0 rings (SSSR count). The highest BCUT2D eigenvalue weighted by atomic mass is 28.4. The van der Waals surface area contributed by atoms with Gasteiger partial charge in [-0.15, -0.1) is 0 Å². The maximum atomic E-state index is 5.85. The standard InChI is InChI=1S/C13H28O2Si/c1-12(2)8-7-10-14-16(5,6)15-11-9-13(3)4/h9,12H,7-8,10-11H2,1-6H3. The summed E-state index contributed by atoms with van der Waals surface area (Å²) in [5.74, 6) is 0.764. The van der Waals surface area contributed by atoms with E-state index in [0.29, 0.717) is 6.61 Å². The fourth-order valence-electron chi connectivity index (χ4n) is 1.26. The molecule has 2 nitrogen and oxygen atoms in total. The van der Waals surface area contributed by atoms with Crippen molar-refractivity contribution < 1.29 is 8.85 Å². The van der Waals surface area contributed by atoms with Crippen molar-refractivity contribution >= 4 is 8.56 Å². The van der Waals surface area contributed by atoms with Gasteiger partial charge in [0.05, 0.1) is 6.61 Å². The average molecular weight is 244 g/mol. The first-order valence-electron chi connectivity index (χ1n) is 6.25. The molecule has 0 saturated carbocycles. The normalized spacial score (nSPS) is 11.9. The molecule has 0 unspecified atom stereocenters. The quantitative estimate of drug-likeness (QED) is 0.363. The van der Waals surface area contributed by atoms with Gasteiger partial charge in [0, 0.05) is 6.61 Å². The van der Waals surface area contributed by atoms with E-state index in [1.165, 1.54) is 12.0 Å². The molecule has 0 aliphatic heterocycles. The zero-order valence-corrected chi connectivity index (χ0v) is 12.8. The van der Waals surface area contributed by atoms with E-state index in [1.807, 2.05) is 0 Å². The van der Waals surface area contributed by atoms with Gasteiger partial charge in [-0.05, 0) is 45.7 Å². The molecule has 96 valence electrons. The minimum atomic E-state index is -1.89. The molecule has 0 bridgehead atoms. The maximum absolute atomic E-state index is 5.85. The van der Waals surface area contributed by atoms with Crippen molar-refractivity contribution in [3.8, 4) is 0 Å². The second-order valence-corrected chi connectivity index (χ2v) is 8.75. The first-order chi connectivity index (χ1) is 7.33. The van der Waals surface area contributed by atoms with Crippen LogP contribution in [0, 0.1) is 5.92 Å². The van der Waals surface area contributed by atoms with Crippen LogP contribution < -0.4 is 0 Å². The molecule has 0 aromatic rings. The van der Waals surface area contributed by atoms with Gasteiger partial charge < -0.3 is 8.85 Å². The molecule has 0 radical (unpaired) electrons. The molecule has 0 N–H and O–H groups in total. The van der Waals surface area contributed by atoms with Gasteiger partial charge in [-0.1, -0.05) is 25.5 Å². The van der Waals surface area contributed by atoms with E-state index in [0.717, 1.165) is 18.9 Å². The molecule has 0 fully saturated rings. The van der Waals surface area contributed by atoms with Crippen LogP contribution in [0.4, 0.5) is 0 Å². The Bertz CT molecular complexity index is 206. The molecule has 0 heterocycles. The molecular weight excluding hydrogens is 216 g/mol. The lowest BCUT2D eigenvalue weighted by Crippen LogP contribution is -2.35. The Morgan fingerprint density at radius 1 is 1.19 bits per heavy atom. The van der Waals surface area contributed by atoms with Crippen molar-refractivity contribution in [2.24, 2.45) is 5.92 Å². The van der Waals surface area contributed by atoms with Crippen molar-refractivity contribution in [1.82, 2.24) is 0 Å². The Kier molecular flexibility index (Phi) is 7.98. The van der Waals surface area contributed by atoms with Crippen LogP contribution in [0.15, 0.2) is 11.6 Å². The molecule has 16 heavy (non-hydrogen) atoms. The van der Waals surface area contributed by atoms with Gasteiger partial charge in [-0.2, -0.15) is 0 Å². The van der Waals surface area contributed by atoms with E-state index >= 15 is 0 Å². The summed E-state index contributed by atoms with van der Waals surface area (Å²) in [7, 11) is -1.89. The largest absolute Gasteiger partial charge is 0.395 e. The van der Waals surface area contributed by atoms with Crippen LogP contribution in [0.5, 0.6) is 0 Å². The Morgan fingerprint density at radius 3 is 2.31 bits per heavy atom. The average Bonchev–Trinajstić information content (AvgIpc) is 2.11. The molecule has 0 atom stereocenters. The van der Waals surface area contributed by atoms with E-state index in [2.05, 4.69) is 46.9 Å². The Morgan fingerprint density at radius 2 is 1.81 bits per heavy atom. The Hall–Kier alpha value is -0.123. The van der Waals surface area contributed by atoms with Crippen LogP contribution in [0.2, 0.25) is 13.1 Å². The summed E-state index contributed by atoms with van der Waals surface area (Å²) in [6.07, 6.45) is 4.48. The van der Waals surface area contributed by atoms with E-state index in [9.17, 15) is 0 Å². The van der Waals surface area contributed by atoms with Crippen LogP contribution in [0.25, 0.3) is 0 Å². The molecule has 0 aromatic heterocycles. The summed E-state index contributed by atoms with van der Waals surface area (Å²) in [4.78, 5) is 0. The van der Waals surface area contributed by atoms with Gasteiger partial charge in [-0.3, -0.25) is 0 Å². The lowest BCUT2D eigenvalue weighted by Gasteiger charge is -2.22. The van der Waals surface area contributed by atoms with Gasteiger partial charge in [0.1, 0.15) is 0 Å². The minimum Gasteiger partial charge on any atom is -0.395 e. The van der Waals surface area contributed by atoms with E-state index in [4.69, 9.17) is 8.85 Å².